The van der Waals surface area contributed by atoms with Crippen LogP contribution in [0.15, 0.2) is 72.6 Å². The number of amides is 1. The molecule has 1 unspecified atom stereocenters. The average molecular weight is 502 g/mol. The second-order valence-corrected chi connectivity index (χ2v) is 8.86. The first kappa shape index (κ1) is 23.2. The molecule has 0 saturated carbocycles. The first-order valence-corrected chi connectivity index (χ1v) is 11.6. The van der Waals surface area contributed by atoms with Crippen LogP contribution in [0.2, 0.25) is 0 Å². The minimum absolute atomic E-state index is 0.0890. The van der Waals surface area contributed by atoms with Gasteiger partial charge in [-0.2, -0.15) is 0 Å². The molecule has 2 aromatic carbocycles. The van der Waals surface area contributed by atoms with Crippen molar-refractivity contribution >= 4 is 50.1 Å². The monoisotopic (exact) mass is 501 g/mol. The average Bonchev–Trinajstić information content (AvgIpc) is 3.45. The van der Waals surface area contributed by atoms with E-state index in [0.29, 0.717) is 28.0 Å². The van der Waals surface area contributed by atoms with Crippen molar-refractivity contribution in [3.05, 3.63) is 89.3 Å². The molecule has 5 rings (SSSR count). The maximum absolute atomic E-state index is 13.3. The number of rotatable bonds is 5. The number of hydrogen-bond acceptors (Lipinski definition) is 9. The van der Waals surface area contributed by atoms with E-state index in [1.54, 1.807) is 49.6 Å². The molecule has 1 N–H and O–H groups in total. The van der Waals surface area contributed by atoms with Crippen molar-refractivity contribution < 1.29 is 29.0 Å². The summed E-state index contributed by atoms with van der Waals surface area (Å²) in [6, 6.07) is 13.7. The summed E-state index contributed by atoms with van der Waals surface area (Å²) in [5, 5.41) is 11.4. The standard InChI is InChI=1S/C26H19N3O6S/c1-34-17-7-8-18-19(13-17)36-26(28-18)29-21(14-3-5-16(6-4-14)25(33)35-2)20(23(31)24(29)32)22(30)15-9-11-27-12-10-15/h3-13,21,30H,1-2H3. The minimum atomic E-state index is -0.979. The summed E-state index contributed by atoms with van der Waals surface area (Å²) in [7, 11) is 2.83. The Hall–Kier alpha value is -4.57. The number of nitrogens with zero attached hydrogens (tertiary/aromatic N) is 3. The van der Waals surface area contributed by atoms with Gasteiger partial charge in [-0.1, -0.05) is 23.5 Å². The number of aliphatic hydroxyl groups excluding tert-OH is 1. The molecule has 9 nitrogen and oxygen atoms in total. The van der Waals surface area contributed by atoms with Crippen LogP contribution < -0.4 is 9.64 Å². The van der Waals surface area contributed by atoms with Gasteiger partial charge in [0.15, 0.2) is 5.13 Å². The maximum Gasteiger partial charge on any atom is 0.337 e. The lowest BCUT2D eigenvalue weighted by molar-refractivity contribution is -0.132. The van der Waals surface area contributed by atoms with Gasteiger partial charge in [0, 0.05) is 18.0 Å². The summed E-state index contributed by atoms with van der Waals surface area (Å²) in [6.45, 7) is 0. The molecule has 3 heterocycles. The van der Waals surface area contributed by atoms with Crippen molar-refractivity contribution in [2.24, 2.45) is 0 Å². The van der Waals surface area contributed by atoms with Gasteiger partial charge in [0.2, 0.25) is 0 Å². The Morgan fingerprint density at radius 2 is 1.72 bits per heavy atom. The SMILES string of the molecule is COC(=O)c1ccc(C2C(=C(O)c3ccncc3)C(=O)C(=O)N2c2nc3ccc(OC)cc3s2)cc1. The van der Waals surface area contributed by atoms with Crippen LogP contribution in [0.4, 0.5) is 5.13 Å². The van der Waals surface area contributed by atoms with Crippen LogP contribution in [0.25, 0.3) is 16.0 Å². The molecule has 1 amide bonds. The molecule has 0 radical (unpaired) electrons. The number of methoxy groups -OCH3 is 2. The number of benzene rings is 2. The number of anilines is 1. The van der Waals surface area contributed by atoms with Crippen molar-refractivity contribution in [3.8, 4) is 5.75 Å². The lowest BCUT2D eigenvalue weighted by Crippen LogP contribution is -2.29. The Balaban J connectivity index is 1.70. The number of carbonyl (C=O) groups is 3. The summed E-state index contributed by atoms with van der Waals surface area (Å²) < 4.78 is 10.8. The van der Waals surface area contributed by atoms with Gasteiger partial charge in [-0.3, -0.25) is 19.5 Å². The van der Waals surface area contributed by atoms with Crippen LogP contribution in [0, 0.1) is 0 Å². The zero-order chi connectivity index (χ0) is 25.4. The summed E-state index contributed by atoms with van der Waals surface area (Å²) in [4.78, 5) is 48.4. The third-order valence-corrected chi connectivity index (χ3v) is 6.85. The smallest absolute Gasteiger partial charge is 0.337 e. The highest BCUT2D eigenvalue weighted by Gasteiger charge is 2.48. The van der Waals surface area contributed by atoms with Crippen molar-refractivity contribution in [2.75, 3.05) is 19.1 Å². The van der Waals surface area contributed by atoms with Crippen molar-refractivity contribution in [1.82, 2.24) is 9.97 Å². The molecule has 0 spiro atoms. The molecule has 0 aliphatic carbocycles. The number of hydrogen-bond donors (Lipinski definition) is 1. The fourth-order valence-electron chi connectivity index (χ4n) is 4.05. The van der Waals surface area contributed by atoms with Crippen molar-refractivity contribution in [3.63, 3.8) is 0 Å². The van der Waals surface area contributed by atoms with Gasteiger partial charge >= 0.3 is 11.9 Å². The molecular formula is C26H19N3O6S. The van der Waals surface area contributed by atoms with E-state index in [1.165, 1.54) is 47.9 Å². The number of aliphatic hydroxyl groups is 1. The Labute approximate surface area is 209 Å². The second-order valence-electron chi connectivity index (χ2n) is 7.85. The molecule has 36 heavy (non-hydrogen) atoms. The molecule has 4 aromatic rings. The molecule has 2 aromatic heterocycles. The number of fused-ring (bicyclic) bond motifs is 1. The molecule has 1 saturated heterocycles. The molecular weight excluding hydrogens is 482 g/mol. The quantitative estimate of drug-likeness (QED) is 0.188. The molecule has 1 atom stereocenters. The maximum atomic E-state index is 13.3. The first-order chi connectivity index (χ1) is 17.4. The summed E-state index contributed by atoms with van der Waals surface area (Å²) in [6.07, 6.45) is 2.96. The largest absolute Gasteiger partial charge is 0.507 e. The number of carbonyl (C=O) groups excluding carboxylic acids is 3. The predicted octanol–water partition coefficient (Wildman–Crippen LogP) is 4.11. The van der Waals surface area contributed by atoms with Crippen LogP contribution in [-0.4, -0.2) is 47.0 Å². The summed E-state index contributed by atoms with van der Waals surface area (Å²) in [5.41, 5.74) is 1.70. The number of aromatic nitrogens is 2. The number of ketones is 1. The molecule has 1 fully saturated rings. The van der Waals surface area contributed by atoms with Gasteiger partial charge in [0.1, 0.15) is 11.5 Å². The van der Waals surface area contributed by atoms with Gasteiger partial charge in [0.25, 0.3) is 5.78 Å². The Morgan fingerprint density at radius 1 is 1.00 bits per heavy atom. The highest BCUT2D eigenvalue weighted by Crippen LogP contribution is 2.44. The zero-order valence-electron chi connectivity index (χ0n) is 19.2. The third-order valence-electron chi connectivity index (χ3n) is 5.84. The highest BCUT2D eigenvalue weighted by atomic mass is 32.1. The predicted molar refractivity (Wildman–Crippen MR) is 133 cm³/mol. The van der Waals surface area contributed by atoms with Gasteiger partial charge < -0.3 is 14.6 Å². The Morgan fingerprint density at radius 3 is 2.39 bits per heavy atom. The first-order valence-electron chi connectivity index (χ1n) is 10.8. The van der Waals surface area contributed by atoms with Gasteiger partial charge in [0.05, 0.1) is 41.6 Å². The summed E-state index contributed by atoms with van der Waals surface area (Å²) >= 11 is 1.22. The van der Waals surface area contributed by atoms with Crippen LogP contribution >= 0.6 is 11.3 Å². The fraction of sp³-hybridized carbons (Fsp3) is 0.115. The Bertz CT molecular complexity index is 1530. The molecule has 10 heteroatoms. The van der Waals surface area contributed by atoms with Gasteiger partial charge in [-0.15, -0.1) is 0 Å². The van der Waals surface area contributed by atoms with E-state index in [-0.39, 0.29) is 16.5 Å². The molecule has 180 valence electrons. The Kier molecular flexibility index (Phi) is 5.95. The van der Waals surface area contributed by atoms with Gasteiger partial charge in [-0.05, 0) is 48.0 Å². The third kappa shape index (κ3) is 3.87. The van der Waals surface area contributed by atoms with Crippen molar-refractivity contribution in [2.45, 2.75) is 6.04 Å². The molecule has 1 aliphatic rings. The molecule has 1 aliphatic heterocycles. The normalized spacial score (nSPS) is 16.9. The van der Waals surface area contributed by atoms with Crippen LogP contribution in [0.1, 0.15) is 27.5 Å². The van der Waals surface area contributed by atoms with E-state index in [2.05, 4.69) is 9.97 Å². The van der Waals surface area contributed by atoms with Crippen LogP contribution in [0.5, 0.6) is 5.75 Å². The van der Waals surface area contributed by atoms with E-state index < -0.39 is 23.7 Å². The highest BCUT2D eigenvalue weighted by molar-refractivity contribution is 7.22. The zero-order valence-corrected chi connectivity index (χ0v) is 20.0. The van der Waals surface area contributed by atoms with E-state index in [9.17, 15) is 19.5 Å². The lowest BCUT2D eigenvalue weighted by Gasteiger charge is -2.23. The number of Topliss-reactive ketones (excluding diaryl/α,β-unsaturated/α-hetero) is 1. The topological polar surface area (TPSA) is 119 Å². The number of esters is 1. The second kappa shape index (κ2) is 9.23. The van der Waals surface area contributed by atoms with Crippen LogP contribution in [0.3, 0.4) is 0 Å². The number of thiazole rings is 1. The van der Waals surface area contributed by atoms with E-state index >= 15 is 0 Å². The van der Waals surface area contributed by atoms with Crippen molar-refractivity contribution in [1.29, 1.82) is 0 Å². The van der Waals surface area contributed by atoms with E-state index in [4.69, 9.17) is 9.47 Å². The lowest BCUT2D eigenvalue weighted by atomic mass is 9.95. The van der Waals surface area contributed by atoms with E-state index in [1.807, 2.05) is 0 Å². The minimum Gasteiger partial charge on any atom is -0.507 e. The van der Waals surface area contributed by atoms with E-state index in [0.717, 1.165) is 4.70 Å². The number of pyridine rings is 1. The number of ether oxygens (including phenoxy) is 2. The van der Waals surface area contributed by atoms with Gasteiger partial charge in [-0.25, -0.2) is 9.78 Å². The molecule has 0 bridgehead atoms. The summed E-state index contributed by atoms with van der Waals surface area (Å²) in [5.74, 6) is -1.88. The van der Waals surface area contributed by atoms with Crippen LogP contribution in [-0.2, 0) is 14.3 Å². The fourth-order valence-corrected chi connectivity index (χ4v) is 5.07.